The lowest BCUT2D eigenvalue weighted by molar-refractivity contribution is 0.171. The minimum atomic E-state index is 0.221. The van der Waals surface area contributed by atoms with E-state index in [1.165, 1.54) is 0 Å². The van der Waals surface area contributed by atoms with Crippen LogP contribution in [0.4, 0.5) is 5.82 Å². The van der Waals surface area contributed by atoms with Crippen LogP contribution in [0.3, 0.4) is 0 Å². The molecule has 1 aromatic heterocycles. The molecule has 5 nitrogen and oxygen atoms in total. The summed E-state index contributed by atoms with van der Waals surface area (Å²) >= 11 is 0. The highest BCUT2D eigenvalue weighted by atomic mass is 16.5. The fourth-order valence-electron chi connectivity index (χ4n) is 1.49. The first-order chi connectivity index (χ1) is 8.06. The second kappa shape index (κ2) is 6.39. The molecule has 0 aliphatic carbocycles. The zero-order valence-corrected chi connectivity index (χ0v) is 11.2. The van der Waals surface area contributed by atoms with E-state index in [-0.39, 0.29) is 6.04 Å². The van der Waals surface area contributed by atoms with Crippen LogP contribution in [-0.4, -0.2) is 36.8 Å². The molecule has 17 heavy (non-hydrogen) atoms. The number of nitrogens with zero attached hydrogens (tertiary/aromatic N) is 2. The number of rotatable bonds is 6. The Morgan fingerprint density at radius 2 is 2.00 bits per heavy atom. The van der Waals surface area contributed by atoms with Crippen LogP contribution in [0.15, 0.2) is 6.07 Å². The number of hydrogen-bond acceptors (Lipinski definition) is 5. The molecule has 0 saturated carbocycles. The van der Waals surface area contributed by atoms with Gasteiger partial charge in [0.05, 0.1) is 19.8 Å². The lowest BCUT2D eigenvalue weighted by Crippen LogP contribution is -2.30. The van der Waals surface area contributed by atoms with Crippen molar-refractivity contribution in [3.63, 3.8) is 0 Å². The van der Waals surface area contributed by atoms with Gasteiger partial charge in [0, 0.05) is 13.2 Å². The molecule has 0 amide bonds. The van der Waals surface area contributed by atoms with E-state index >= 15 is 0 Å². The van der Waals surface area contributed by atoms with Crippen molar-refractivity contribution in [2.24, 2.45) is 5.92 Å². The van der Waals surface area contributed by atoms with E-state index in [1.54, 1.807) is 20.3 Å². The third kappa shape index (κ3) is 4.19. The highest BCUT2D eigenvalue weighted by Gasteiger charge is 2.14. The summed E-state index contributed by atoms with van der Waals surface area (Å²) in [6.45, 7) is 6.77. The van der Waals surface area contributed by atoms with Crippen molar-refractivity contribution >= 4 is 5.82 Å². The summed E-state index contributed by atoms with van der Waals surface area (Å²) in [5.41, 5.74) is 0. The highest BCUT2D eigenvalue weighted by Crippen LogP contribution is 2.16. The number of aryl methyl sites for hydroxylation is 1. The number of nitrogens with one attached hydrogen (secondary N) is 1. The second-order valence-corrected chi connectivity index (χ2v) is 4.29. The normalized spacial score (nSPS) is 12.6. The summed E-state index contributed by atoms with van der Waals surface area (Å²) in [5, 5.41) is 3.34. The van der Waals surface area contributed by atoms with Crippen LogP contribution in [0.25, 0.3) is 0 Å². The standard InChI is InChI=1S/C12H21N3O2/c1-8(2)10(7-16-4)15-11-6-12(17-5)14-9(3)13-11/h6,8,10H,7H2,1-5H3,(H,13,14,15). The summed E-state index contributed by atoms with van der Waals surface area (Å²) < 4.78 is 10.3. The molecule has 0 aromatic carbocycles. The third-order valence-electron chi connectivity index (χ3n) is 2.51. The van der Waals surface area contributed by atoms with Crippen molar-refractivity contribution in [2.45, 2.75) is 26.8 Å². The number of aromatic nitrogens is 2. The van der Waals surface area contributed by atoms with E-state index in [2.05, 4.69) is 29.1 Å². The molecule has 0 fully saturated rings. The molecule has 1 heterocycles. The van der Waals surface area contributed by atoms with Gasteiger partial charge in [-0.2, -0.15) is 4.98 Å². The van der Waals surface area contributed by atoms with Gasteiger partial charge >= 0.3 is 0 Å². The minimum Gasteiger partial charge on any atom is -0.481 e. The van der Waals surface area contributed by atoms with E-state index in [4.69, 9.17) is 9.47 Å². The van der Waals surface area contributed by atoms with Crippen LogP contribution in [0, 0.1) is 12.8 Å². The molecule has 0 saturated heterocycles. The fraction of sp³-hybridized carbons (Fsp3) is 0.667. The smallest absolute Gasteiger partial charge is 0.218 e. The van der Waals surface area contributed by atoms with E-state index in [0.29, 0.717) is 24.2 Å². The summed E-state index contributed by atoms with van der Waals surface area (Å²) in [7, 11) is 3.30. The van der Waals surface area contributed by atoms with Crippen molar-refractivity contribution in [1.82, 2.24) is 9.97 Å². The van der Waals surface area contributed by atoms with Crippen molar-refractivity contribution in [2.75, 3.05) is 26.1 Å². The van der Waals surface area contributed by atoms with Gasteiger partial charge in [-0.1, -0.05) is 13.8 Å². The number of ether oxygens (including phenoxy) is 2. The van der Waals surface area contributed by atoms with Crippen molar-refractivity contribution in [3.05, 3.63) is 11.9 Å². The molecule has 1 atom stereocenters. The molecule has 0 aliphatic heterocycles. The third-order valence-corrected chi connectivity index (χ3v) is 2.51. The lowest BCUT2D eigenvalue weighted by Gasteiger charge is -2.22. The van der Waals surface area contributed by atoms with Gasteiger partial charge in [-0.25, -0.2) is 4.98 Å². The Morgan fingerprint density at radius 1 is 1.29 bits per heavy atom. The largest absolute Gasteiger partial charge is 0.481 e. The fourth-order valence-corrected chi connectivity index (χ4v) is 1.49. The van der Waals surface area contributed by atoms with E-state index in [9.17, 15) is 0 Å². The first kappa shape index (κ1) is 13.7. The van der Waals surface area contributed by atoms with Crippen LogP contribution >= 0.6 is 0 Å². The Balaban J connectivity index is 2.81. The minimum absolute atomic E-state index is 0.221. The molecule has 1 rings (SSSR count). The van der Waals surface area contributed by atoms with Crippen molar-refractivity contribution in [3.8, 4) is 5.88 Å². The Kier molecular flexibility index (Phi) is 5.15. The summed E-state index contributed by atoms with van der Waals surface area (Å²) in [4.78, 5) is 8.47. The topological polar surface area (TPSA) is 56.3 Å². The molecule has 0 aliphatic rings. The van der Waals surface area contributed by atoms with Crippen LogP contribution in [-0.2, 0) is 4.74 Å². The summed E-state index contributed by atoms with van der Waals surface area (Å²) in [6, 6.07) is 2.01. The van der Waals surface area contributed by atoms with Crippen LogP contribution in [0.5, 0.6) is 5.88 Å². The maximum atomic E-state index is 5.19. The molecule has 1 unspecified atom stereocenters. The molecule has 1 N–H and O–H groups in total. The maximum Gasteiger partial charge on any atom is 0.218 e. The molecular formula is C12H21N3O2. The average Bonchev–Trinajstić information content (AvgIpc) is 2.27. The Hall–Kier alpha value is -1.36. The van der Waals surface area contributed by atoms with Gasteiger partial charge in [0.1, 0.15) is 11.6 Å². The molecule has 96 valence electrons. The van der Waals surface area contributed by atoms with Gasteiger partial charge in [-0.15, -0.1) is 0 Å². The molecular weight excluding hydrogens is 218 g/mol. The quantitative estimate of drug-likeness (QED) is 0.821. The highest BCUT2D eigenvalue weighted by molar-refractivity contribution is 5.39. The molecule has 0 bridgehead atoms. The van der Waals surface area contributed by atoms with Crippen molar-refractivity contribution in [1.29, 1.82) is 0 Å². The van der Waals surface area contributed by atoms with Gasteiger partial charge in [0.25, 0.3) is 0 Å². The van der Waals surface area contributed by atoms with Gasteiger partial charge in [0.2, 0.25) is 5.88 Å². The summed E-state index contributed by atoms with van der Waals surface area (Å²) in [6.07, 6.45) is 0. The van der Waals surface area contributed by atoms with E-state index in [0.717, 1.165) is 5.82 Å². The molecule has 1 aromatic rings. The lowest BCUT2D eigenvalue weighted by atomic mass is 10.1. The Morgan fingerprint density at radius 3 is 2.53 bits per heavy atom. The van der Waals surface area contributed by atoms with Crippen molar-refractivity contribution < 1.29 is 9.47 Å². The predicted octanol–water partition coefficient (Wildman–Crippen LogP) is 1.88. The number of anilines is 1. The maximum absolute atomic E-state index is 5.19. The number of methoxy groups -OCH3 is 2. The van der Waals surface area contributed by atoms with Gasteiger partial charge in [-0.05, 0) is 12.8 Å². The van der Waals surface area contributed by atoms with Gasteiger partial charge < -0.3 is 14.8 Å². The number of hydrogen-bond donors (Lipinski definition) is 1. The molecule has 0 radical (unpaired) electrons. The monoisotopic (exact) mass is 239 g/mol. The average molecular weight is 239 g/mol. The van der Waals surface area contributed by atoms with E-state index < -0.39 is 0 Å². The predicted molar refractivity (Wildman–Crippen MR) is 67.4 cm³/mol. The first-order valence-corrected chi connectivity index (χ1v) is 5.72. The van der Waals surface area contributed by atoms with Crippen LogP contribution < -0.4 is 10.1 Å². The zero-order chi connectivity index (χ0) is 12.8. The molecule has 5 heteroatoms. The Bertz CT molecular complexity index is 356. The van der Waals surface area contributed by atoms with Gasteiger partial charge in [-0.3, -0.25) is 0 Å². The van der Waals surface area contributed by atoms with E-state index in [1.807, 2.05) is 6.92 Å². The second-order valence-electron chi connectivity index (χ2n) is 4.29. The SMILES string of the molecule is COCC(Nc1cc(OC)nc(C)n1)C(C)C. The first-order valence-electron chi connectivity index (χ1n) is 5.72. The molecule has 0 spiro atoms. The van der Waals surface area contributed by atoms with Crippen LogP contribution in [0.2, 0.25) is 0 Å². The summed E-state index contributed by atoms with van der Waals surface area (Å²) in [5.74, 6) is 2.48. The van der Waals surface area contributed by atoms with Gasteiger partial charge in [0.15, 0.2) is 0 Å². The van der Waals surface area contributed by atoms with Crippen LogP contribution in [0.1, 0.15) is 19.7 Å². The Labute approximate surface area is 103 Å². The zero-order valence-electron chi connectivity index (χ0n) is 11.2.